The molecule has 1 aromatic carbocycles. The van der Waals surface area contributed by atoms with Crippen molar-refractivity contribution in [3.05, 3.63) is 46.0 Å². The van der Waals surface area contributed by atoms with Gasteiger partial charge in [0.25, 0.3) is 0 Å². The van der Waals surface area contributed by atoms with Crippen LogP contribution in [0, 0.1) is 10.1 Å². The molecule has 0 unspecified atom stereocenters. The first kappa shape index (κ1) is 14.9. The second kappa shape index (κ2) is 5.19. The number of hydrogen-bond donors (Lipinski definition) is 1. The van der Waals surface area contributed by atoms with Gasteiger partial charge in [0, 0.05) is 17.3 Å². The molecule has 6 heteroatoms. The Balaban J connectivity index is 1.82. The van der Waals surface area contributed by atoms with E-state index < -0.39 is 5.41 Å². The van der Waals surface area contributed by atoms with Gasteiger partial charge in [-0.05, 0) is 47.6 Å². The van der Waals surface area contributed by atoms with Crippen molar-refractivity contribution < 1.29 is 9.72 Å². The van der Waals surface area contributed by atoms with Crippen LogP contribution in [0.1, 0.15) is 37.7 Å². The lowest BCUT2D eigenvalue weighted by Gasteiger charge is -2.31. The van der Waals surface area contributed by atoms with Gasteiger partial charge in [0.05, 0.1) is 12.5 Å². The fourth-order valence-corrected chi connectivity index (χ4v) is 4.20. The summed E-state index contributed by atoms with van der Waals surface area (Å²) in [4.78, 5) is 23.3. The Morgan fingerprint density at radius 1 is 1.17 bits per heavy atom. The van der Waals surface area contributed by atoms with Gasteiger partial charge in [-0.25, -0.2) is 4.57 Å². The molecule has 1 saturated carbocycles. The van der Waals surface area contributed by atoms with Gasteiger partial charge < -0.3 is 15.4 Å². The zero-order chi connectivity index (χ0) is 16.9. The van der Waals surface area contributed by atoms with Crippen molar-refractivity contribution in [2.45, 2.75) is 37.5 Å². The maximum atomic E-state index is 12.6. The number of carbonyl (C=O) groups excluding carboxylic acids is 1. The Morgan fingerprint density at radius 2 is 1.92 bits per heavy atom. The molecule has 1 aliphatic heterocycles. The van der Waals surface area contributed by atoms with E-state index in [2.05, 4.69) is 5.32 Å². The molecule has 1 N–H and O–H groups in total. The minimum absolute atomic E-state index is 0.0621. The van der Waals surface area contributed by atoms with Crippen molar-refractivity contribution in [3.63, 3.8) is 0 Å². The van der Waals surface area contributed by atoms with Crippen molar-refractivity contribution in [1.82, 2.24) is 4.57 Å². The number of hydrogen-bond acceptors (Lipinski definition) is 3. The molecule has 1 fully saturated rings. The predicted molar refractivity (Wildman–Crippen MR) is 90.9 cm³/mol. The van der Waals surface area contributed by atoms with E-state index >= 15 is 0 Å². The number of nitrogens with one attached hydrogen (secondary N) is 1. The van der Waals surface area contributed by atoms with Gasteiger partial charge in [-0.1, -0.05) is 19.3 Å². The predicted octanol–water partition coefficient (Wildman–Crippen LogP) is 3.75. The first-order chi connectivity index (χ1) is 11.5. The van der Waals surface area contributed by atoms with Crippen molar-refractivity contribution in [2.75, 3.05) is 5.32 Å². The van der Waals surface area contributed by atoms with Crippen LogP contribution in [0.4, 0.5) is 11.5 Å². The van der Waals surface area contributed by atoms with Crippen LogP contribution in [0.5, 0.6) is 0 Å². The molecule has 0 radical (unpaired) electrons. The van der Waals surface area contributed by atoms with Gasteiger partial charge in [-0.3, -0.25) is 4.79 Å². The number of carbonyl (C=O) groups is 1. The third kappa shape index (κ3) is 1.99. The van der Waals surface area contributed by atoms with E-state index in [0.29, 0.717) is 0 Å². The molecule has 124 valence electrons. The van der Waals surface area contributed by atoms with Crippen molar-refractivity contribution in [1.29, 1.82) is 0 Å². The van der Waals surface area contributed by atoms with Crippen LogP contribution < -0.4 is 5.32 Å². The Bertz CT molecular complexity index is 847. The summed E-state index contributed by atoms with van der Waals surface area (Å²) in [6.45, 7) is 0. The van der Waals surface area contributed by atoms with Crippen molar-refractivity contribution in [2.24, 2.45) is 7.05 Å². The fourth-order valence-electron chi connectivity index (χ4n) is 4.20. The number of benzene rings is 1. The summed E-state index contributed by atoms with van der Waals surface area (Å²) in [5.74, 6) is 0.166. The summed E-state index contributed by atoms with van der Waals surface area (Å²) >= 11 is 0. The summed E-state index contributed by atoms with van der Waals surface area (Å²) in [5.41, 5.74) is 3.21. The fraction of sp³-hybridized carbons (Fsp3) is 0.389. The van der Waals surface area contributed by atoms with E-state index in [1.165, 1.54) is 12.5 Å². The lowest BCUT2D eigenvalue weighted by molar-refractivity contribution is -0.391. The van der Waals surface area contributed by atoms with Crippen LogP contribution in [-0.4, -0.2) is 15.4 Å². The molecular weight excluding hydrogens is 306 g/mol. The molecule has 1 aromatic heterocycles. The SMILES string of the molecule is Cn1c(-c2ccc3c(c2)C2(CCCCC2)C(=O)N3)ccc1[N+](=O)[O-]. The van der Waals surface area contributed by atoms with Gasteiger partial charge in [0.15, 0.2) is 0 Å². The second-order valence-corrected chi connectivity index (χ2v) is 6.75. The zero-order valence-electron chi connectivity index (χ0n) is 13.5. The largest absolute Gasteiger partial charge is 0.358 e. The maximum Gasteiger partial charge on any atom is 0.323 e. The van der Waals surface area contributed by atoms with Crippen molar-refractivity contribution in [3.8, 4) is 11.3 Å². The first-order valence-corrected chi connectivity index (χ1v) is 8.29. The van der Waals surface area contributed by atoms with Gasteiger partial charge >= 0.3 is 5.82 Å². The average molecular weight is 325 g/mol. The number of nitrogens with zero attached hydrogens (tertiary/aromatic N) is 2. The van der Waals surface area contributed by atoms with Gasteiger partial charge in [0.1, 0.15) is 5.69 Å². The monoisotopic (exact) mass is 325 g/mol. The van der Waals surface area contributed by atoms with Crippen LogP contribution in [0.3, 0.4) is 0 Å². The smallest absolute Gasteiger partial charge is 0.323 e. The number of anilines is 1. The third-order valence-electron chi connectivity index (χ3n) is 5.50. The highest BCUT2D eigenvalue weighted by Crippen LogP contribution is 2.48. The highest BCUT2D eigenvalue weighted by atomic mass is 16.6. The lowest BCUT2D eigenvalue weighted by atomic mass is 9.70. The van der Waals surface area contributed by atoms with E-state index in [4.69, 9.17) is 0 Å². The highest BCUT2D eigenvalue weighted by Gasteiger charge is 2.47. The van der Waals surface area contributed by atoms with Crippen molar-refractivity contribution >= 4 is 17.4 Å². The van der Waals surface area contributed by atoms with E-state index in [1.807, 2.05) is 18.2 Å². The maximum absolute atomic E-state index is 12.6. The molecular formula is C18H19N3O3. The topological polar surface area (TPSA) is 77.2 Å². The van der Waals surface area contributed by atoms with Crippen LogP contribution >= 0.6 is 0 Å². The average Bonchev–Trinajstić information content (AvgIpc) is 3.08. The molecule has 0 atom stereocenters. The number of nitro groups is 1. The lowest BCUT2D eigenvalue weighted by Crippen LogP contribution is -2.36. The normalized spacial score (nSPS) is 18.5. The molecule has 6 nitrogen and oxygen atoms in total. The Kier molecular flexibility index (Phi) is 3.23. The van der Waals surface area contributed by atoms with Crippen LogP contribution in [0.25, 0.3) is 11.3 Å². The summed E-state index contributed by atoms with van der Waals surface area (Å²) in [5, 5.41) is 14.1. The van der Waals surface area contributed by atoms with E-state index in [0.717, 1.165) is 48.2 Å². The van der Waals surface area contributed by atoms with Gasteiger partial charge in [-0.15, -0.1) is 0 Å². The molecule has 1 aliphatic carbocycles. The molecule has 2 aromatic rings. The van der Waals surface area contributed by atoms with Crippen LogP contribution in [-0.2, 0) is 17.3 Å². The van der Waals surface area contributed by atoms with Gasteiger partial charge in [0.2, 0.25) is 5.91 Å². The second-order valence-electron chi connectivity index (χ2n) is 6.75. The third-order valence-corrected chi connectivity index (χ3v) is 5.50. The van der Waals surface area contributed by atoms with E-state index in [-0.39, 0.29) is 16.6 Å². The van der Waals surface area contributed by atoms with Crippen LogP contribution in [0.2, 0.25) is 0 Å². The summed E-state index contributed by atoms with van der Waals surface area (Å²) in [6, 6.07) is 9.16. The number of fused-ring (bicyclic) bond motifs is 2. The first-order valence-electron chi connectivity index (χ1n) is 8.29. The highest BCUT2D eigenvalue weighted by molar-refractivity contribution is 6.06. The minimum atomic E-state index is -0.416. The molecule has 0 saturated heterocycles. The standard InChI is InChI=1S/C18H19N3O3/c1-20-15(7-8-16(20)21(23)24)12-5-6-14-13(11-12)18(17(22)19-14)9-3-2-4-10-18/h5-8,11H,2-4,9-10H2,1H3,(H,19,22). The molecule has 2 heterocycles. The Morgan fingerprint density at radius 3 is 2.58 bits per heavy atom. The zero-order valence-corrected chi connectivity index (χ0v) is 13.5. The number of aromatic nitrogens is 1. The molecule has 2 aliphatic rings. The number of amides is 1. The summed E-state index contributed by atoms with van der Waals surface area (Å²) in [7, 11) is 1.69. The molecule has 4 rings (SSSR count). The van der Waals surface area contributed by atoms with Gasteiger partial charge in [-0.2, -0.15) is 0 Å². The Labute approximate surface area is 139 Å². The summed E-state index contributed by atoms with van der Waals surface area (Å²) in [6.07, 6.45) is 5.05. The van der Waals surface area contributed by atoms with E-state index in [9.17, 15) is 14.9 Å². The van der Waals surface area contributed by atoms with E-state index in [1.54, 1.807) is 17.7 Å². The number of rotatable bonds is 2. The molecule has 1 amide bonds. The quantitative estimate of drug-likeness (QED) is 0.674. The molecule has 0 bridgehead atoms. The molecule has 1 spiro atoms. The summed E-state index contributed by atoms with van der Waals surface area (Å²) < 4.78 is 1.58. The minimum Gasteiger partial charge on any atom is -0.358 e. The molecule has 24 heavy (non-hydrogen) atoms. The Hall–Kier alpha value is -2.63. The van der Waals surface area contributed by atoms with Crippen LogP contribution in [0.15, 0.2) is 30.3 Å².